The van der Waals surface area contributed by atoms with Gasteiger partial charge in [-0.2, -0.15) is 0 Å². The first kappa shape index (κ1) is 23.4. The maximum Gasteiger partial charge on any atom is 0.233 e. The van der Waals surface area contributed by atoms with Gasteiger partial charge >= 0.3 is 0 Å². The lowest BCUT2D eigenvalue weighted by Gasteiger charge is -2.42. The Hall–Kier alpha value is -3.32. The second-order valence-corrected chi connectivity index (χ2v) is 9.67. The molecule has 1 aromatic carbocycles. The fourth-order valence-corrected chi connectivity index (χ4v) is 6.25. The van der Waals surface area contributed by atoms with E-state index in [-0.39, 0.29) is 48.9 Å². The molecule has 7 heteroatoms. The normalized spacial score (nSPS) is 27.9. The first-order chi connectivity index (χ1) is 16.9. The minimum atomic E-state index is -0.552. The van der Waals surface area contributed by atoms with Gasteiger partial charge in [0, 0.05) is 34.7 Å². The Balaban J connectivity index is 1.67. The molecule has 35 heavy (non-hydrogen) atoms. The molecular weight excluding hydrogens is 446 g/mol. The molecule has 1 aromatic rings. The number of benzene rings is 1. The minimum absolute atomic E-state index is 0.0909. The molecule has 3 aliphatic carbocycles. The number of ketones is 2. The van der Waals surface area contributed by atoms with Crippen LogP contribution in [0.2, 0.25) is 0 Å². The van der Waals surface area contributed by atoms with Crippen molar-refractivity contribution >= 4 is 23.4 Å². The van der Waals surface area contributed by atoms with Gasteiger partial charge in [-0.1, -0.05) is 36.8 Å². The molecule has 5 rings (SSSR count). The summed E-state index contributed by atoms with van der Waals surface area (Å²) < 4.78 is 5.82. The molecule has 0 saturated carbocycles. The molecular formula is C28H29NO6. The second-order valence-electron chi connectivity index (χ2n) is 9.67. The number of hydrogen-bond acceptors (Lipinski definition) is 6. The quantitative estimate of drug-likeness (QED) is 0.386. The molecule has 0 radical (unpaired) electrons. The zero-order valence-corrected chi connectivity index (χ0v) is 20.0. The van der Waals surface area contributed by atoms with Crippen molar-refractivity contribution < 1.29 is 29.0 Å². The Labute approximate surface area is 204 Å². The summed E-state index contributed by atoms with van der Waals surface area (Å²) in [5, 5.41) is 9.31. The lowest BCUT2D eigenvalue weighted by molar-refractivity contribution is -0.140. The molecule has 182 valence electrons. The molecule has 1 fully saturated rings. The highest BCUT2D eigenvalue weighted by Crippen LogP contribution is 2.56. The number of Topliss-reactive ketones (excluding diaryl/α,β-unsaturated/α-hetero) is 1. The van der Waals surface area contributed by atoms with Gasteiger partial charge < -0.3 is 9.84 Å². The Morgan fingerprint density at radius 1 is 1.09 bits per heavy atom. The van der Waals surface area contributed by atoms with E-state index in [1.54, 1.807) is 13.0 Å². The number of nitrogens with zero attached hydrogens (tertiary/aromatic N) is 1. The number of aliphatic hydroxyl groups is 1. The van der Waals surface area contributed by atoms with E-state index in [0.717, 1.165) is 11.1 Å². The van der Waals surface area contributed by atoms with Gasteiger partial charge in [-0.25, -0.2) is 0 Å². The van der Waals surface area contributed by atoms with E-state index in [1.807, 2.05) is 31.2 Å². The number of hydrogen-bond donors (Lipinski definition) is 1. The van der Waals surface area contributed by atoms with Crippen molar-refractivity contribution in [3.63, 3.8) is 0 Å². The lowest BCUT2D eigenvalue weighted by atomic mass is 9.59. The van der Waals surface area contributed by atoms with Gasteiger partial charge in [-0.15, -0.1) is 0 Å². The Kier molecular flexibility index (Phi) is 6.05. The Morgan fingerprint density at radius 2 is 1.86 bits per heavy atom. The smallest absolute Gasteiger partial charge is 0.233 e. The van der Waals surface area contributed by atoms with Crippen molar-refractivity contribution in [2.75, 3.05) is 19.8 Å². The van der Waals surface area contributed by atoms with Crippen LogP contribution in [-0.2, 0) is 19.2 Å². The number of fused-ring (bicyclic) bond motifs is 3. The number of imide groups is 1. The molecule has 7 nitrogen and oxygen atoms in total. The molecule has 4 atom stereocenters. The van der Waals surface area contributed by atoms with Crippen LogP contribution in [0.3, 0.4) is 0 Å². The van der Waals surface area contributed by atoms with Crippen LogP contribution in [-0.4, -0.2) is 53.1 Å². The van der Waals surface area contributed by atoms with Gasteiger partial charge in [0.25, 0.3) is 0 Å². The van der Waals surface area contributed by atoms with Crippen LogP contribution < -0.4 is 4.74 Å². The third kappa shape index (κ3) is 3.60. The lowest BCUT2D eigenvalue weighted by Crippen LogP contribution is -2.40. The van der Waals surface area contributed by atoms with Crippen LogP contribution in [0.4, 0.5) is 0 Å². The number of amides is 2. The van der Waals surface area contributed by atoms with Gasteiger partial charge in [0.05, 0.1) is 18.4 Å². The predicted octanol–water partition coefficient (Wildman–Crippen LogP) is 2.90. The number of para-hydroxylation sites is 1. The first-order valence-electron chi connectivity index (χ1n) is 12.3. The molecule has 2 amide bonds. The number of rotatable bonds is 6. The van der Waals surface area contributed by atoms with E-state index in [0.29, 0.717) is 41.9 Å². The van der Waals surface area contributed by atoms with Gasteiger partial charge in [0.15, 0.2) is 11.6 Å². The van der Waals surface area contributed by atoms with E-state index < -0.39 is 17.8 Å². The topological polar surface area (TPSA) is 101 Å². The summed E-state index contributed by atoms with van der Waals surface area (Å²) in [6, 6.07) is 7.31. The Bertz CT molecular complexity index is 1220. The van der Waals surface area contributed by atoms with Crippen LogP contribution in [0.1, 0.15) is 44.6 Å². The molecule has 1 heterocycles. The number of likely N-dealkylation sites (tertiary alicyclic amines) is 1. The number of aliphatic hydroxyl groups excluding tert-OH is 1. The average molecular weight is 476 g/mol. The third-order valence-corrected chi connectivity index (χ3v) is 7.68. The summed E-state index contributed by atoms with van der Waals surface area (Å²) in [4.78, 5) is 54.5. The van der Waals surface area contributed by atoms with E-state index in [9.17, 15) is 24.3 Å². The molecule has 0 spiro atoms. The largest absolute Gasteiger partial charge is 0.491 e. The highest BCUT2D eigenvalue weighted by molar-refractivity contribution is 6.23. The monoisotopic (exact) mass is 475 g/mol. The molecule has 1 saturated heterocycles. The van der Waals surface area contributed by atoms with Crippen LogP contribution in [0.5, 0.6) is 5.75 Å². The number of allylic oxidation sites excluding steroid dienone is 6. The molecule has 0 bridgehead atoms. The maximum absolute atomic E-state index is 13.5. The molecule has 0 aromatic heterocycles. The van der Waals surface area contributed by atoms with Crippen LogP contribution >= 0.6 is 0 Å². The second kappa shape index (κ2) is 9.04. The zero-order chi connectivity index (χ0) is 24.9. The fraction of sp³-hybridized carbons (Fsp3) is 0.429. The van der Waals surface area contributed by atoms with Gasteiger partial charge in [-0.3, -0.25) is 24.1 Å². The van der Waals surface area contributed by atoms with E-state index in [4.69, 9.17) is 4.74 Å². The van der Waals surface area contributed by atoms with Crippen molar-refractivity contribution in [1.29, 1.82) is 0 Å². The minimum Gasteiger partial charge on any atom is -0.491 e. The van der Waals surface area contributed by atoms with Crippen molar-refractivity contribution in [1.82, 2.24) is 4.90 Å². The van der Waals surface area contributed by atoms with Crippen molar-refractivity contribution in [2.45, 2.75) is 39.0 Å². The molecule has 4 aliphatic rings. The van der Waals surface area contributed by atoms with Gasteiger partial charge in [0.2, 0.25) is 11.8 Å². The van der Waals surface area contributed by atoms with Gasteiger partial charge in [-0.05, 0) is 44.2 Å². The summed E-state index contributed by atoms with van der Waals surface area (Å²) >= 11 is 0. The standard InChI is InChI=1S/C28H29NO6/c1-3-10-29-27(33)18-9-8-16-19(24(18)28(29)34)14-20-25(21(31)13-15(2)26(20)32)23(16)17-6-4-5-7-22(17)35-12-11-30/h4-8,13,18-19,23-24,30H,3,9-12,14H2,1-2H3. The van der Waals surface area contributed by atoms with Gasteiger partial charge in [0.1, 0.15) is 12.4 Å². The maximum atomic E-state index is 13.5. The predicted molar refractivity (Wildman–Crippen MR) is 127 cm³/mol. The van der Waals surface area contributed by atoms with Crippen molar-refractivity contribution in [3.8, 4) is 5.75 Å². The number of carbonyl (C=O) groups is 4. The summed E-state index contributed by atoms with van der Waals surface area (Å²) in [5.74, 6) is -2.04. The summed E-state index contributed by atoms with van der Waals surface area (Å²) in [7, 11) is 0. The summed E-state index contributed by atoms with van der Waals surface area (Å²) in [5.41, 5.74) is 2.88. The number of ether oxygens (including phenoxy) is 1. The van der Waals surface area contributed by atoms with Crippen molar-refractivity contribution in [3.05, 3.63) is 64.3 Å². The highest BCUT2D eigenvalue weighted by Gasteiger charge is 2.56. The molecule has 1 N–H and O–H groups in total. The first-order valence-corrected chi connectivity index (χ1v) is 12.3. The Morgan fingerprint density at radius 3 is 2.60 bits per heavy atom. The van der Waals surface area contributed by atoms with E-state index in [2.05, 4.69) is 0 Å². The van der Waals surface area contributed by atoms with E-state index >= 15 is 0 Å². The number of carbonyl (C=O) groups excluding carboxylic acids is 4. The highest BCUT2D eigenvalue weighted by atomic mass is 16.5. The van der Waals surface area contributed by atoms with E-state index in [1.165, 1.54) is 11.0 Å². The molecule has 4 unspecified atom stereocenters. The zero-order valence-electron chi connectivity index (χ0n) is 20.0. The van der Waals surface area contributed by atoms with Crippen LogP contribution in [0.15, 0.2) is 58.7 Å². The molecule has 1 aliphatic heterocycles. The summed E-state index contributed by atoms with van der Waals surface area (Å²) in [6.45, 7) is 3.89. The van der Waals surface area contributed by atoms with Crippen LogP contribution in [0, 0.1) is 17.8 Å². The summed E-state index contributed by atoms with van der Waals surface area (Å²) in [6.07, 6.45) is 4.79. The van der Waals surface area contributed by atoms with Crippen molar-refractivity contribution in [2.24, 2.45) is 17.8 Å². The fourth-order valence-electron chi connectivity index (χ4n) is 6.25. The average Bonchev–Trinajstić information content (AvgIpc) is 3.10. The van der Waals surface area contributed by atoms with Crippen LogP contribution in [0.25, 0.3) is 0 Å². The third-order valence-electron chi connectivity index (χ3n) is 7.68. The SMILES string of the molecule is CCCN1C(=O)C2CC=C3C(c4ccccc4OCCO)C4=C(CC3C2C1=O)C(=O)C(C)=CC4=O.